The lowest BCUT2D eigenvalue weighted by Gasteiger charge is -2.26. The highest BCUT2D eigenvalue weighted by Gasteiger charge is 2.34. The van der Waals surface area contributed by atoms with Gasteiger partial charge in [-0.05, 0) is 0 Å². The van der Waals surface area contributed by atoms with Gasteiger partial charge in [0.25, 0.3) is 0 Å². The van der Waals surface area contributed by atoms with Gasteiger partial charge >= 0.3 is 7.82 Å². The normalized spacial score (nSPS) is 23.1. The fraction of sp³-hybridized carbons (Fsp3) is 0.833. The zero-order chi connectivity index (χ0) is 21.4. The number of nitrogens with two attached hydrogens (primary N) is 1. The van der Waals surface area contributed by atoms with Crippen LogP contribution in [0.1, 0.15) is 0 Å². The quantitative estimate of drug-likeness (QED) is 0.0935. The molecule has 0 rings (SSSR count). The molecule has 0 amide bonds. The number of aldehydes is 2. The van der Waals surface area contributed by atoms with Gasteiger partial charge in [-0.1, -0.05) is 0 Å². The SMILES string of the molecule is N[C@@H](C=O)[C@@H](O)[C@H](O)[C@H](O)COP(=O)(O)OC[C@@H](O)[C@@H](O)[C@H](O)[C@@H](O)C=O. The summed E-state index contributed by atoms with van der Waals surface area (Å²) in [5, 5.41) is 65.8. The Hall–Kier alpha value is -0.870. The molecule has 0 aliphatic heterocycles. The number of phosphoric ester groups is 1. The summed E-state index contributed by atoms with van der Waals surface area (Å²) in [5.74, 6) is 0. The van der Waals surface area contributed by atoms with Crippen molar-refractivity contribution in [1.82, 2.24) is 0 Å². The molecule has 0 aromatic rings. The first-order chi connectivity index (χ1) is 12.4. The first-order valence-corrected chi connectivity index (χ1v) is 8.92. The first-order valence-electron chi connectivity index (χ1n) is 7.42. The highest BCUT2D eigenvalue weighted by atomic mass is 31.2. The minimum absolute atomic E-state index is 0.101. The molecule has 0 aliphatic carbocycles. The minimum atomic E-state index is -4.94. The summed E-state index contributed by atoms with van der Waals surface area (Å²) < 4.78 is 20.2. The average molecular weight is 421 g/mol. The molecule has 0 aromatic carbocycles. The van der Waals surface area contributed by atoms with Gasteiger partial charge in [0.05, 0.1) is 19.3 Å². The molecule has 0 heterocycles. The smallest absolute Gasteiger partial charge is 0.388 e. The van der Waals surface area contributed by atoms with Crippen LogP contribution in [-0.4, -0.2) is 115 Å². The van der Waals surface area contributed by atoms with Crippen LogP contribution in [0.15, 0.2) is 0 Å². The molecule has 27 heavy (non-hydrogen) atoms. The van der Waals surface area contributed by atoms with E-state index in [0.29, 0.717) is 0 Å². The van der Waals surface area contributed by atoms with Crippen molar-refractivity contribution in [1.29, 1.82) is 0 Å². The molecule has 160 valence electrons. The molecular formula is C12H24NO13P. The molecule has 1 unspecified atom stereocenters. The maximum absolute atomic E-state index is 11.6. The summed E-state index contributed by atoms with van der Waals surface area (Å²) in [6.07, 6.45) is -14.1. The van der Waals surface area contributed by atoms with Crippen LogP contribution in [0.3, 0.4) is 0 Å². The zero-order valence-electron chi connectivity index (χ0n) is 13.8. The molecule has 0 saturated heterocycles. The lowest BCUT2D eigenvalue weighted by molar-refractivity contribution is -0.136. The van der Waals surface area contributed by atoms with E-state index >= 15 is 0 Å². The predicted octanol–water partition coefficient (Wildman–Crippen LogP) is -5.63. The molecule has 10 N–H and O–H groups in total. The fourth-order valence-corrected chi connectivity index (χ4v) is 2.38. The zero-order valence-corrected chi connectivity index (χ0v) is 14.7. The van der Waals surface area contributed by atoms with Crippen molar-refractivity contribution in [2.75, 3.05) is 13.2 Å². The topological polar surface area (TPSA) is 258 Å². The van der Waals surface area contributed by atoms with Crippen molar-refractivity contribution in [2.24, 2.45) is 5.73 Å². The molecule has 0 spiro atoms. The summed E-state index contributed by atoms with van der Waals surface area (Å²) >= 11 is 0. The highest BCUT2D eigenvalue weighted by molar-refractivity contribution is 7.47. The third-order valence-electron chi connectivity index (χ3n) is 3.35. The van der Waals surface area contributed by atoms with Gasteiger partial charge in [0, 0.05) is 0 Å². The van der Waals surface area contributed by atoms with Crippen LogP contribution in [-0.2, 0) is 23.2 Å². The van der Waals surface area contributed by atoms with Crippen molar-refractivity contribution in [2.45, 2.75) is 48.8 Å². The van der Waals surface area contributed by atoms with Crippen LogP contribution >= 0.6 is 7.82 Å². The Morgan fingerprint density at radius 2 is 1.19 bits per heavy atom. The third kappa shape index (κ3) is 8.78. The van der Waals surface area contributed by atoms with E-state index in [1.165, 1.54) is 0 Å². The van der Waals surface area contributed by atoms with Gasteiger partial charge in [-0.25, -0.2) is 4.57 Å². The Kier molecular flexibility index (Phi) is 11.5. The summed E-state index contributed by atoms with van der Waals surface area (Å²) in [5.41, 5.74) is 5.13. The molecule has 14 nitrogen and oxygen atoms in total. The molecule has 0 radical (unpaired) electrons. The van der Waals surface area contributed by atoms with E-state index in [1.807, 2.05) is 0 Å². The number of carbonyl (C=O) groups excluding carboxylic acids is 2. The van der Waals surface area contributed by atoms with E-state index in [0.717, 1.165) is 0 Å². The van der Waals surface area contributed by atoms with Crippen molar-refractivity contribution < 1.29 is 63.8 Å². The van der Waals surface area contributed by atoms with Crippen molar-refractivity contribution in [3.63, 3.8) is 0 Å². The second kappa shape index (κ2) is 11.9. The molecule has 9 atom stereocenters. The van der Waals surface area contributed by atoms with Crippen LogP contribution < -0.4 is 5.73 Å². The fourth-order valence-electron chi connectivity index (χ4n) is 1.62. The Morgan fingerprint density at radius 1 is 0.778 bits per heavy atom. The van der Waals surface area contributed by atoms with Gasteiger partial charge in [0.15, 0.2) is 6.29 Å². The Labute approximate surface area is 153 Å². The lowest BCUT2D eigenvalue weighted by atomic mass is 10.0. The predicted molar refractivity (Wildman–Crippen MR) is 83.9 cm³/mol. The molecule has 0 aromatic heterocycles. The van der Waals surface area contributed by atoms with Crippen molar-refractivity contribution in [3.05, 3.63) is 0 Å². The first kappa shape index (κ1) is 26.1. The largest absolute Gasteiger partial charge is 0.472 e. The molecule has 15 heteroatoms. The molecule has 0 aliphatic rings. The molecule has 0 saturated carbocycles. The van der Waals surface area contributed by atoms with E-state index in [-0.39, 0.29) is 12.6 Å². The van der Waals surface area contributed by atoms with Crippen molar-refractivity contribution >= 4 is 20.4 Å². The van der Waals surface area contributed by atoms with Crippen LogP contribution in [0.4, 0.5) is 0 Å². The lowest BCUT2D eigenvalue weighted by Crippen LogP contribution is -2.50. The second-order valence-corrected chi connectivity index (χ2v) is 6.95. The van der Waals surface area contributed by atoms with E-state index in [9.17, 15) is 49.7 Å². The van der Waals surface area contributed by atoms with Gasteiger partial charge in [-0.15, -0.1) is 0 Å². The summed E-state index contributed by atoms with van der Waals surface area (Å²) in [4.78, 5) is 30.0. The number of hydrogen-bond acceptors (Lipinski definition) is 13. The van der Waals surface area contributed by atoms with Crippen LogP contribution in [0.2, 0.25) is 0 Å². The van der Waals surface area contributed by atoms with E-state index in [2.05, 4.69) is 9.05 Å². The maximum Gasteiger partial charge on any atom is 0.472 e. The number of aliphatic hydroxyl groups excluding tert-OH is 7. The summed E-state index contributed by atoms with van der Waals surface area (Å²) in [6.45, 7) is -2.14. The summed E-state index contributed by atoms with van der Waals surface area (Å²) in [6, 6.07) is -1.53. The number of carbonyl (C=O) groups is 2. The van der Waals surface area contributed by atoms with Gasteiger partial charge in [0.2, 0.25) is 0 Å². The van der Waals surface area contributed by atoms with Gasteiger partial charge in [0.1, 0.15) is 49.0 Å². The van der Waals surface area contributed by atoms with Gasteiger partial charge in [-0.2, -0.15) is 0 Å². The summed E-state index contributed by atoms with van der Waals surface area (Å²) in [7, 11) is -4.94. The highest BCUT2D eigenvalue weighted by Crippen LogP contribution is 2.43. The number of phosphoric acid groups is 1. The number of hydrogen-bond donors (Lipinski definition) is 9. The number of rotatable bonds is 14. The van der Waals surface area contributed by atoms with Crippen LogP contribution in [0, 0.1) is 0 Å². The number of aliphatic hydroxyl groups is 7. The van der Waals surface area contributed by atoms with E-state index in [4.69, 9.17) is 10.8 Å². The average Bonchev–Trinajstić information content (AvgIpc) is 2.66. The van der Waals surface area contributed by atoms with E-state index < -0.39 is 69.8 Å². The van der Waals surface area contributed by atoms with Gasteiger partial charge < -0.3 is 56.0 Å². The molecule has 0 bridgehead atoms. The second-order valence-electron chi connectivity index (χ2n) is 5.50. The van der Waals surface area contributed by atoms with Crippen molar-refractivity contribution in [3.8, 4) is 0 Å². The van der Waals surface area contributed by atoms with E-state index in [1.54, 1.807) is 0 Å². The Morgan fingerprint density at radius 3 is 1.56 bits per heavy atom. The molecular weight excluding hydrogens is 397 g/mol. The third-order valence-corrected chi connectivity index (χ3v) is 4.30. The van der Waals surface area contributed by atoms with Gasteiger partial charge in [-0.3, -0.25) is 9.05 Å². The van der Waals surface area contributed by atoms with Crippen LogP contribution in [0.25, 0.3) is 0 Å². The monoisotopic (exact) mass is 421 g/mol. The van der Waals surface area contributed by atoms with Crippen LogP contribution in [0.5, 0.6) is 0 Å². The standard InChI is InChI=1S/C12H24NO13P/c13-5(1-14)9(19)11(21)7(17)3-25-27(23,24)26-4-8(18)12(22)10(20)6(16)2-15/h1-2,5-12,16-22H,3-4,13H2,(H,23,24)/t5-,6-,7+,8+,9+,10+,11+,12+/m0/s1. The minimum Gasteiger partial charge on any atom is -0.388 e. The Balaban J connectivity index is 4.54. The Bertz CT molecular complexity index is 468. The molecule has 0 fully saturated rings. The maximum atomic E-state index is 11.6.